The van der Waals surface area contributed by atoms with Crippen LogP contribution in [0.4, 0.5) is 0 Å². The molecule has 0 atom stereocenters. The number of hydrogen-bond acceptors (Lipinski definition) is 3. The number of rotatable bonds is 4. The zero-order valence-electron chi connectivity index (χ0n) is 9.06. The summed E-state index contributed by atoms with van der Waals surface area (Å²) in [7, 11) is -3.42. The van der Waals surface area contributed by atoms with Gasteiger partial charge in [0.15, 0.2) is 0 Å². The molecule has 96 valence electrons. The first-order valence-electron chi connectivity index (χ1n) is 4.97. The Kier molecular flexibility index (Phi) is 4.60. The smallest absolute Gasteiger partial charge is 0.206 e. The van der Waals surface area contributed by atoms with Crippen molar-refractivity contribution in [3.05, 3.63) is 50.2 Å². The average molecular weight is 411 g/mol. The quantitative estimate of drug-likeness (QED) is 0.834. The topological polar surface area (TPSA) is 46.2 Å². The molecule has 0 spiro atoms. The molecule has 2 rings (SSSR count). The second-order valence-electron chi connectivity index (χ2n) is 3.51. The van der Waals surface area contributed by atoms with Crippen molar-refractivity contribution in [3.8, 4) is 0 Å². The van der Waals surface area contributed by atoms with Gasteiger partial charge in [-0.05, 0) is 45.8 Å². The van der Waals surface area contributed by atoms with E-state index in [2.05, 4.69) is 36.6 Å². The monoisotopic (exact) mass is 409 g/mol. The van der Waals surface area contributed by atoms with Gasteiger partial charge in [-0.15, -0.1) is 11.3 Å². The summed E-state index contributed by atoms with van der Waals surface area (Å²) in [4.78, 5) is 0. The molecule has 0 radical (unpaired) electrons. The minimum Gasteiger partial charge on any atom is -0.206 e. The third-order valence-corrected chi connectivity index (χ3v) is 6.24. The van der Waals surface area contributed by atoms with Crippen molar-refractivity contribution in [2.75, 3.05) is 0 Å². The van der Waals surface area contributed by atoms with E-state index in [0.717, 1.165) is 13.8 Å². The molecule has 0 bridgehead atoms. The number of sulfonamides is 1. The first-order valence-corrected chi connectivity index (χ1v) is 8.85. The van der Waals surface area contributed by atoms with Gasteiger partial charge in [-0.2, -0.15) is 0 Å². The summed E-state index contributed by atoms with van der Waals surface area (Å²) >= 11 is 7.77. The Labute approximate surface area is 127 Å². The van der Waals surface area contributed by atoms with Crippen LogP contribution in [0.15, 0.2) is 48.9 Å². The molecule has 0 fully saturated rings. The highest BCUT2D eigenvalue weighted by Crippen LogP contribution is 2.25. The van der Waals surface area contributed by atoms with Crippen molar-refractivity contribution in [1.82, 2.24) is 4.72 Å². The van der Waals surface area contributed by atoms with E-state index in [0.29, 0.717) is 4.21 Å². The Morgan fingerprint density at radius 3 is 2.28 bits per heavy atom. The molecule has 0 aliphatic rings. The van der Waals surface area contributed by atoms with Crippen LogP contribution in [-0.2, 0) is 16.6 Å². The van der Waals surface area contributed by atoms with Crippen molar-refractivity contribution in [2.45, 2.75) is 10.8 Å². The Hall–Kier alpha value is -0.210. The van der Waals surface area contributed by atoms with Crippen LogP contribution >= 0.6 is 43.2 Å². The Morgan fingerprint density at radius 2 is 1.72 bits per heavy atom. The van der Waals surface area contributed by atoms with Crippen LogP contribution in [0.3, 0.4) is 0 Å². The fourth-order valence-electron chi connectivity index (χ4n) is 1.29. The molecule has 1 N–H and O–H groups in total. The van der Waals surface area contributed by atoms with E-state index in [4.69, 9.17) is 0 Å². The Morgan fingerprint density at radius 1 is 1.06 bits per heavy atom. The van der Waals surface area contributed by atoms with Crippen LogP contribution in [0, 0.1) is 0 Å². The molecule has 0 saturated heterocycles. The van der Waals surface area contributed by atoms with E-state index in [1.165, 1.54) is 11.3 Å². The molecule has 18 heavy (non-hydrogen) atoms. The third kappa shape index (κ3) is 3.64. The number of thiophene rings is 1. The molecular weight excluding hydrogens is 402 g/mol. The third-order valence-electron chi connectivity index (χ3n) is 2.19. The number of benzene rings is 1. The molecule has 1 aromatic heterocycles. The molecule has 1 heterocycles. The van der Waals surface area contributed by atoms with Crippen LogP contribution in [0.25, 0.3) is 0 Å². The minimum atomic E-state index is -3.42. The van der Waals surface area contributed by atoms with Gasteiger partial charge < -0.3 is 0 Å². The molecule has 7 heteroatoms. The second-order valence-corrected chi connectivity index (χ2v) is 8.88. The van der Waals surface area contributed by atoms with Crippen molar-refractivity contribution in [2.24, 2.45) is 0 Å². The summed E-state index contributed by atoms with van der Waals surface area (Å²) in [5.41, 5.74) is 0.914. The van der Waals surface area contributed by atoms with Crippen LogP contribution in [-0.4, -0.2) is 8.42 Å². The van der Waals surface area contributed by atoms with E-state index in [1.54, 1.807) is 12.1 Å². The van der Waals surface area contributed by atoms with Gasteiger partial charge >= 0.3 is 0 Å². The van der Waals surface area contributed by atoms with Crippen molar-refractivity contribution >= 4 is 53.2 Å². The molecule has 0 saturated carbocycles. The van der Waals surface area contributed by atoms with Gasteiger partial charge in [0.1, 0.15) is 4.21 Å². The molecule has 0 aliphatic heterocycles. The summed E-state index contributed by atoms with van der Waals surface area (Å²) in [5, 5.41) is 0. The first-order chi connectivity index (χ1) is 8.47. The normalized spacial score (nSPS) is 11.7. The molecule has 0 aliphatic carbocycles. The summed E-state index contributed by atoms with van der Waals surface area (Å²) in [6.45, 7) is 0.283. The van der Waals surface area contributed by atoms with Crippen LogP contribution < -0.4 is 4.72 Å². The maximum Gasteiger partial charge on any atom is 0.250 e. The second kappa shape index (κ2) is 5.83. The molecule has 2 aromatic rings. The number of halogens is 2. The maximum atomic E-state index is 12.0. The molecular formula is C11H9Br2NO2S2. The van der Waals surface area contributed by atoms with Crippen LogP contribution in [0.2, 0.25) is 0 Å². The SMILES string of the molecule is O=S(=O)(NCc1ccc(Br)cc1)c1ccc(Br)s1. The Bertz CT molecular complexity index is 635. The van der Waals surface area contributed by atoms with Crippen molar-refractivity contribution in [3.63, 3.8) is 0 Å². The molecule has 0 amide bonds. The first kappa shape index (κ1) is 14.2. The molecule has 3 nitrogen and oxygen atoms in total. The zero-order valence-corrected chi connectivity index (χ0v) is 13.9. The maximum absolute atomic E-state index is 12.0. The summed E-state index contributed by atoms with van der Waals surface area (Å²) in [6.07, 6.45) is 0. The van der Waals surface area contributed by atoms with Gasteiger partial charge in [-0.1, -0.05) is 28.1 Å². The molecule has 1 aromatic carbocycles. The fourth-order valence-corrected chi connectivity index (χ4v) is 4.63. The van der Waals surface area contributed by atoms with Crippen LogP contribution in [0.5, 0.6) is 0 Å². The van der Waals surface area contributed by atoms with Crippen molar-refractivity contribution < 1.29 is 8.42 Å². The summed E-state index contributed by atoms with van der Waals surface area (Å²) in [6, 6.07) is 10.8. The lowest BCUT2D eigenvalue weighted by molar-refractivity contribution is 0.583. The van der Waals surface area contributed by atoms with Gasteiger partial charge in [-0.25, -0.2) is 13.1 Å². The van der Waals surface area contributed by atoms with E-state index >= 15 is 0 Å². The molecule has 0 unspecified atom stereocenters. The van der Waals surface area contributed by atoms with Gasteiger partial charge in [-0.3, -0.25) is 0 Å². The van der Waals surface area contributed by atoms with Gasteiger partial charge in [0.2, 0.25) is 10.0 Å². The van der Waals surface area contributed by atoms with Gasteiger partial charge in [0.05, 0.1) is 3.79 Å². The highest BCUT2D eigenvalue weighted by Gasteiger charge is 2.15. The predicted octanol–water partition coefficient (Wildman–Crippen LogP) is 3.75. The predicted molar refractivity (Wildman–Crippen MR) is 80.2 cm³/mol. The lowest BCUT2D eigenvalue weighted by Crippen LogP contribution is -2.22. The highest BCUT2D eigenvalue weighted by molar-refractivity contribution is 9.11. The van der Waals surface area contributed by atoms with E-state index < -0.39 is 10.0 Å². The average Bonchev–Trinajstić information content (AvgIpc) is 2.76. The van der Waals surface area contributed by atoms with Crippen LogP contribution in [0.1, 0.15) is 5.56 Å². The van der Waals surface area contributed by atoms with Crippen molar-refractivity contribution in [1.29, 1.82) is 0 Å². The van der Waals surface area contributed by atoms with E-state index in [1.807, 2.05) is 24.3 Å². The highest BCUT2D eigenvalue weighted by atomic mass is 79.9. The fraction of sp³-hybridized carbons (Fsp3) is 0.0909. The number of hydrogen-bond donors (Lipinski definition) is 1. The zero-order chi connectivity index (χ0) is 13.2. The minimum absolute atomic E-state index is 0.283. The van der Waals surface area contributed by atoms with E-state index in [-0.39, 0.29) is 6.54 Å². The summed E-state index contributed by atoms with van der Waals surface area (Å²) < 4.78 is 28.6. The lowest BCUT2D eigenvalue weighted by atomic mass is 10.2. The standard InChI is InChI=1S/C11H9Br2NO2S2/c12-9-3-1-8(2-4-9)7-14-18(15,16)11-6-5-10(13)17-11/h1-6,14H,7H2. The Balaban J connectivity index is 2.08. The largest absolute Gasteiger partial charge is 0.250 e. The van der Waals surface area contributed by atoms with Gasteiger partial charge in [0.25, 0.3) is 0 Å². The lowest BCUT2D eigenvalue weighted by Gasteiger charge is -2.04. The van der Waals surface area contributed by atoms with Gasteiger partial charge in [0, 0.05) is 11.0 Å². The van der Waals surface area contributed by atoms with E-state index in [9.17, 15) is 8.42 Å². The number of nitrogens with one attached hydrogen (secondary N) is 1. The summed E-state index contributed by atoms with van der Waals surface area (Å²) in [5.74, 6) is 0.